The largest absolute Gasteiger partial charge is 0.387 e. The van der Waals surface area contributed by atoms with Crippen LogP contribution in [-0.4, -0.2) is 59.5 Å². The normalized spacial score (nSPS) is 28.6. The van der Waals surface area contributed by atoms with E-state index in [1.54, 1.807) is 46.6 Å². The first-order valence-corrected chi connectivity index (χ1v) is 6.90. The summed E-state index contributed by atoms with van der Waals surface area (Å²) in [5.74, 6) is 1.09. The average Bonchev–Trinajstić information content (AvgIpc) is 2.38. The second-order valence-electron chi connectivity index (χ2n) is 4.39. The van der Waals surface area contributed by atoms with E-state index in [0.29, 0.717) is 11.9 Å². The van der Waals surface area contributed by atoms with Gasteiger partial charge in [0, 0.05) is 14.1 Å². The highest BCUT2D eigenvalue weighted by molar-refractivity contribution is 7.57. The van der Waals surface area contributed by atoms with E-state index in [9.17, 15) is 9.46 Å². The van der Waals surface area contributed by atoms with E-state index in [2.05, 4.69) is 15.6 Å². The van der Waals surface area contributed by atoms with Gasteiger partial charge in [0.1, 0.15) is 0 Å². The summed E-state index contributed by atoms with van der Waals surface area (Å²) in [6, 6.07) is 0. The lowest BCUT2D eigenvalue weighted by atomic mass is 10.4. The third kappa shape index (κ3) is 1.93. The fourth-order valence-electron chi connectivity index (χ4n) is 1.67. The molecule has 98 valence electrons. The molecule has 1 aliphatic heterocycles. The lowest BCUT2D eigenvalue weighted by Crippen LogP contribution is -2.46. The molecule has 1 unspecified atom stereocenters. The Kier molecular flexibility index (Phi) is 3.55. The highest BCUT2D eigenvalue weighted by Gasteiger charge is 2.58. The zero-order valence-electron chi connectivity index (χ0n) is 11.1. The summed E-state index contributed by atoms with van der Waals surface area (Å²) in [6.07, 6.45) is 0. The summed E-state index contributed by atoms with van der Waals surface area (Å²) < 4.78 is 15.4. The van der Waals surface area contributed by atoms with Crippen LogP contribution in [-0.2, 0) is 4.57 Å². The van der Waals surface area contributed by atoms with Crippen LogP contribution in [0.2, 0.25) is 0 Å². The van der Waals surface area contributed by atoms with E-state index >= 15 is 0 Å². The Morgan fingerprint density at radius 3 is 2.41 bits per heavy atom. The number of rotatable bonds is 0. The van der Waals surface area contributed by atoms with Crippen LogP contribution in [0.4, 0.5) is 0 Å². The van der Waals surface area contributed by atoms with Crippen LogP contribution in [0.3, 0.4) is 0 Å². The number of guanidine groups is 2. The summed E-state index contributed by atoms with van der Waals surface area (Å²) in [5, 5.41) is 5.03. The number of aliphatic imine (C=N–C) groups is 1. The van der Waals surface area contributed by atoms with Gasteiger partial charge in [0.25, 0.3) is 5.96 Å². The number of hydrogen-bond donors (Lipinski definition) is 3. The maximum Gasteiger partial charge on any atom is 0.387 e. The molecule has 0 aromatic heterocycles. The minimum absolute atomic E-state index is 0.538. The van der Waals surface area contributed by atoms with Gasteiger partial charge in [0.2, 0.25) is 0 Å². The van der Waals surface area contributed by atoms with Gasteiger partial charge in [-0.1, -0.05) is 0 Å². The molecular weight excluding hydrogens is 241 g/mol. The molecule has 8 heteroatoms. The number of hydrogen-bond acceptors (Lipinski definition) is 2. The highest BCUT2D eigenvalue weighted by Crippen LogP contribution is 2.59. The van der Waals surface area contributed by atoms with Crippen molar-refractivity contribution in [1.82, 2.24) is 15.3 Å². The first-order valence-electron chi connectivity index (χ1n) is 5.29. The van der Waals surface area contributed by atoms with E-state index in [0.717, 1.165) is 0 Å². The zero-order chi connectivity index (χ0) is 13.4. The maximum atomic E-state index is 12.3. The van der Waals surface area contributed by atoms with Crippen molar-refractivity contribution in [3.05, 3.63) is 0 Å². The summed E-state index contributed by atoms with van der Waals surface area (Å²) >= 11 is 0. The van der Waals surface area contributed by atoms with Crippen LogP contribution >= 0.6 is 7.52 Å². The van der Waals surface area contributed by atoms with Gasteiger partial charge in [-0.25, -0.2) is 19.4 Å². The standard InChI is InChI=1S/C9H20N5O2P/c1-9(2)13(5)8(12-7(10-3)11-4)14(6)17(9,15)16/h1-6H3,(H2,10,11,15,16)/p+1. The second-order valence-corrected chi connectivity index (χ2v) is 7.17. The lowest BCUT2D eigenvalue weighted by Gasteiger charge is -2.22. The number of nitrogens with zero attached hydrogens (tertiary/aromatic N) is 3. The fraction of sp³-hybridized carbons (Fsp3) is 0.778. The minimum atomic E-state index is -3.45. The van der Waals surface area contributed by atoms with E-state index in [1.807, 2.05) is 0 Å². The Morgan fingerprint density at radius 2 is 2.12 bits per heavy atom. The molecule has 0 radical (unpaired) electrons. The molecule has 1 aliphatic rings. The minimum Gasteiger partial charge on any atom is -0.346 e. The van der Waals surface area contributed by atoms with Crippen LogP contribution in [0, 0.1) is 0 Å². The van der Waals surface area contributed by atoms with E-state index in [4.69, 9.17) is 0 Å². The van der Waals surface area contributed by atoms with E-state index in [-0.39, 0.29) is 0 Å². The Balaban J connectivity index is 3.17. The Labute approximate surface area is 102 Å². The van der Waals surface area contributed by atoms with Crippen molar-refractivity contribution < 1.29 is 14.0 Å². The first kappa shape index (κ1) is 14.0. The topological polar surface area (TPSA) is 80.0 Å². The lowest BCUT2D eigenvalue weighted by molar-refractivity contribution is -0.547. The van der Waals surface area contributed by atoms with Crippen molar-refractivity contribution in [2.24, 2.45) is 4.99 Å². The molecule has 1 atom stereocenters. The SMILES string of the molecule is CN=C(NC)NC1=[N+](C)C(C)(C)P(=O)(O)N1C. The van der Waals surface area contributed by atoms with Crippen LogP contribution in [0.5, 0.6) is 0 Å². The highest BCUT2D eigenvalue weighted by atomic mass is 31.2. The molecule has 0 bridgehead atoms. The third-order valence-electron chi connectivity index (χ3n) is 3.26. The van der Waals surface area contributed by atoms with E-state index < -0.39 is 12.8 Å². The monoisotopic (exact) mass is 262 g/mol. The Hall–Kier alpha value is -1.07. The van der Waals surface area contributed by atoms with Gasteiger partial charge in [-0.15, -0.1) is 0 Å². The molecular formula is C9H21N5O2P+. The van der Waals surface area contributed by atoms with Gasteiger partial charge in [0.05, 0.1) is 14.1 Å². The molecule has 0 aromatic rings. The van der Waals surface area contributed by atoms with Gasteiger partial charge >= 0.3 is 13.5 Å². The smallest absolute Gasteiger partial charge is 0.346 e. The molecule has 0 saturated heterocycles. The molecule has 0 fully saturated rings. The van der Waals surface area contributed by atoms with Gasteiger partial charge < -0.3 is 10.2 Å². The molecule has 1 heterocycles. The molecule has 7 nitrogen and oxygen atoms in total. The predicted octanol–water partition coefficient (Wildman–Crippen LogP) is -0.354. The molecule has 3 N–H and O–H groups in total. The maximum absolute atomic E-state index is 12.3. The molecule has 0 saturated carbocycles. The summed E-state index contributed by atoms with van der Waals surface area (Å²) in [6.45, 7) is 3.47. The zero-order valence-corrected chi connectivity index (χ0v) is 12.0. The van der Waals surface area contributed by atoms with Gasteiger partial charge in [-0.3, -0.25) is 0 Å². The van der Waals surface area contributed by atoms with Crippen molar-refractivity contribution in [1.29, 1.82) is 0 Å². The summed E-state index contributed by atoms with van der Waals surface area (Å²) in [7, 11) is 3.29. The molecule has 0 amide bonds. The van der Waals surface area contributed by atoms with Crippen molar-refractivity contribution in [2.45, 2.75) is 19.1 Å². The van der Waals surface area contributed by atoms with Crippen LogP contribution < -0.4 is 10.6 Å². The fourth-order valence-corrected chi connectivity index (χ4v) is 3.33. The van der Waals surface area contributed by atoms with Crippen molar-refractivity contribution in [3.63, 3.8) is 0 Å². The van der Waals surface area contributed by atoms with Gasteiger partial charge in [0.15, 0.2) is 5.28 Å². The molecule has 0 spiro atoms. The average molecular weight is 262 g/mol. The van der Waals surface area contributed by atoms with Crippen LogP contribution in [0.1, 0.15) is 13.8 Å². The summed E-state index contributed by atoms with van der Waals surface area (Å²) in [5.41, 5.74) is 0. The van der Waals surface area contributed by atoms with Gasteiger partial charge in [-0.2, -0.15) is 4.67 Å². The van der Waals surface area contributed by atoms with Crippen molar-refractivity contribution in [3.8, 4) is 0 Å². The quantitative estimate of drug-likeness (QED) is 0.240. The third-order valence-corrected chi connectivity index (χ3v) is 5.98. The van der Waals surface area contributed by atoms with Crippen molar-refractivity contribution in [2.75, 3.05) is 28.2 Å². The Morgan fingerprint density at radius 1 is 1.59 bits per heavy atom. The predicted molar refractivity (Wildman–Crippen MR) is 68.4 cm³/mol. The number of nitrogens with one attached hydrogen (secondary N) is 2. The van der Waals surface area contributed by atoms with E-state index in [1.165, 1.54) is 4.67 Å². The molecule has 0 aliphatic carbocycles. The first-order chi connectivity index (χ1) is 7.70. The molecule has 17 heavy (non-hydrogen) atoms. The second kappa shape index (κ2) is 4.31. The van der Waals surface area contributed by atoms with Crippen molar-refractivity contribution >= 4 is 19.4 Å². The molecule has 1 rings (SSSR count). The van der Waals surface area contributed by atoms with Crippen LogP contribution in [0.15, 0.2) is 4.99 Å². The van der Waals surface area contributed by atoms with Gasteiger partial charge in [-0.05, 0) is 13.8 Å². The molecule has 0 aromatic carbocycles. The van der Waals surface area contributed by atoms with Crippen LogP contribution in [0.25, 0.3) is 0 Å². The Bertz CT molecular complexity index is 429. The summed E-state index contributed by atoms with van der Waals surface area (Å²) in [4.78, 5) is 14.1.